The van der Waals surface area contributed by atoms with Crippen LogP contribution >= 0.6 is 0 Å². The molecule has 0 spiro atoms. The van der Waals surface area contributed by atoms with Crippen LogP contribution in [0.3, 0.4) is 0 Å². The maximum atomic E-state index is 14.2. The molecule has 2 atom stereocenters. The Balaban J connectivity index is 1.55. The van der Waals surface area contributed by atoms with Crippen molar-refractivity contribution in [2.45, 2.75) is 24.9 Å². The SMILES string of the molecule is Cn1ccc(C(=O)N2CC3CCC2CN3C(=O)c2cc(C(N)=O)ccc2F)c1. The fourth-order valence-electron chi connectivity index (χ4n) is 4.12. The highest BCUT2D eigenvalue weighted by molar-refractivity contribution is 6.00. The third kappa shape index (κ3) is 3.04. The smallest absolute Gasteiger partial charge is 0.257 e. The van der Waals surface area contributed by atoms with Crippen LogP contribution in [-0.2, 0) is 7.05 Å². The van der Waals surface area contributed by atoms with E-state index in [1.165, 1.54) is 12.1 Å². The molecule has 7 nitrogen and oxygen atoms in total. The second-order valence-electron chi connectivity index (χ2n) is 7.42. The molecule has 3 saturated heterocycles. The molecule has 2 bridgehead atoms. The van der Waals surface area contributed by atoms with E-state index in [0.717, 1.165) is 18.9 Å². The van der Waals surface area contributed by atoms with Crippen LogP contribution in [-0.4, -0.2) is 57.3 Å². The van der Waals surface area contributed by atoms with Gasteiger partial charge >= 0.3 is 0 Å². The zero-order valence-electron chi connectivity index (χ0n) is 15.5. The molecular formula is C20H21FN4O3. The molecule has 1 aromatic heterocycles. The number of halogens is 1. The van der Waals surface area contributed by atoms with Crippen LogP contribution in [0, 0.1) is 5.82 Å². The molecule has 8 heteroatoms. The van der Waals surface area contributed by atoms with Crippen LogP contribution < -0.4 is 5.73 Å². The molecule has 0 aliphatic carbocycles. The second kappa shape index (κ2) is 6.78. The number of fused-ring (bicyclic) bond motifs is 3. The Kier molecular flexibility index (Phi) is 4.41. The van der Waals surface area contributed by atoms with Gasteiger partial charge in [-0.2, -0.15) is 0 Å². The van der Waals surface area contributed by atoms with Crippen molar-refractivity contribution in [1.29, 1.82) is 0 Å². The van der Waals surface area contributed by atoms with Crippen molar-refractivity contribution in [2.75, 3.05) is 13.1 Å². The van der Waals surface area contributed by atoms with E-state index >= 15 is 0 Å². The van der Waals surface area contributed by atoms with Gasteiger partial charge in [0, 0.05) is 50.2 Å². The van der Waals surface area contributed by atoms with Gasteiger partial charge in [0.25, 0.3) is 11.8 Å². The van der Waals surface area contributed by atoms with Crippen molar-refractivity contribution in [2.24, 2.45) is 12.8 Å². The van der Waals surface area contributed by atoms with Crippen molar-refractivity contribution >= 4 is 17.7 Å². The van der Waals surface area contributed by atoms with Crippen LogP contribution in [0.4, 0.5) is 4.39 Å². The van der Waals surface area contributed by atoms with Gasteiger partial charge in [-0.3, -0.25) is 14.4 Å². The lowest BCUT2D eigenvalue weighted by Gasteiger charge is -2.51. The van der Waals surface area contributed by atoms with Crippen LogP contribution in [0.25, 0.3) is 0 Å². The first kappa shape index (κ1) is 18.2. The molecule has 4 heterocycles. The van der Waals surface area contributed by atoms with Crippen LogP contribution in [0.2, 0.25) is 0 Å². The van der Waals surface area contributed by atoms with Crippen LogP contribution in [0.1, 0.15) is 43.9 Å². The lowest BCUT2D eigenvalue weighted by atomic mass is 9.89. The molecule has 3 aliphatic heterocycles. The minimum absolute atomic E-state index is 0.0516. The summed E-state index contributed by atoms with van der Waals surface area (Å²) < 4.78 is 16.1. The van der Waals surface area contributed by atoms with Crippen molar-refractivity contribution < 1.29 is 18.8 Å². The number of carbonyl (C=O) groups is 3. The standard InChI is InChI=1S/C20H21FN4O3/c1-23-7-6-13(9-23)19(27)24-10-15-4-3-14(24)11-25(15)20(28)16-8-12(18(22)26)2-5-17(16)21/h2,5-9,14-15H,3-4,10-11H2,1H3,(H2,22,26). The lowest BCUT2D eigenvalue weighted by molar-refractivity contribution is -0.00628. The van der Waals surface area contributed by atoms with Crippen molar-refractivity contribution in [1.82, 2.24) is 14.4 Å². The van der Waals surface area contributed by atoms with E-state index < -0.39 is 17.6 Å². The highest BCUT2D eigenvalue weighted by atomic mass is 19.1. The Bertz CT molecular complexity index is 970. The molecule has 3 amide bonds. The molecule has 3 fully saturated rings. The fraction of sp³-hybridized carbons (Fsp3) is 0.350. The number of piperazine rings is 1. The fourth-order valence-corrected chi connectivity index (χ4v) is 4.12. The first-order valence-corrected chi connectivity index (χ1v) is 9.18. The number of piperidine rings is 2. The number of nitrogens with zero attached hydrogens (tertiary/aromatic N) is 3. The van der Waals surface area contributed by atoms with Gasteiger partial charge in [-0.15, -0.1) is 0 Å². The maximum absolute atomic E-state index is 14.2. The number of carbonyl (C=O) groups excluding carboxylic acids is 3. The first-order valence-electron chi connectivity index (χ1n) is 9.18. The van der Waals surface area contributed by atoms with Gasteiger partial charge in [-0.1, -0.05) is 0 Å². The number of primary amides is 1. The molecule has 2 N–H and O–H groups in total. The summed E-state index contributed by atoms with van der Waals surface area (Å²) in [5.41, 5.74) is 5.80. The molecule has 0 saturated carbocycles. The molecule has 0 radical (unpaired) electrons. The summed E-state index contributed by atoms with van der Waals surface area (Å²) in [6, 6.07) is 5.04. The van der Waals surface area contributed by atoms with Gasteiger partial charge in [-0.05, 0) is 37.1 Å². The number of amides is 3. The van der Waals surface area contributed by atoms with Crippen LogP contribution in [0.15, 0.2) is 36.7 Å². The first-order chi connectivity index (χ1) is 13.3. The average Bonchev–Trinajstić information content (AvgIpc) is 3.13. The third-order valence-corrected chi connectivity index (χ3v) is 5.61. The summed E-state index contributed by atoms with van der Waals surface area (Å²) in [5, 5.41) is 0. The molecule has 28 heavy (non-hydrogen) atoms. The van der Waals surface area contributed by atoms with E-state index in [-0.39, 0.29) is 29.1 Å². The number of nitrogens with two attached hydrogens (primary N) is 1. The van der Waals surface area contributed by atoms with Gasteiger partial charge in [0.05, 0.1) is 11.1 Å². The van der Waals surface area contributed by atoms with Gasteiger partial charge in [-0.25, -0.2) is 4.39 Å². The second-order valence-corrected chi connectivity index (χ2v) is 7.42. The van der Waals surface area contributed by atoms with E-state index in [2.05, 4.69) is 0 Å². The summed E-state index contributed by atoms with van der Waals surface area (Å²) in [6.07, 6.45) is 5.15. The largest absolute Gasteiger partial charge is 0.366 e. The Hall–Kier alpha value is -3.16. The topological polar surface area (TPSA) is 88.6 Å². The van der Waals surface area contributed by atoms with Gasteiger partial charge in [0.1, 0.15) is 5.82 Å². The minimum Gasteiger partial charge on any atom is -0.366 e. The zero-order valence-corrected chi connectivity index (χ0v) is 15.5. The van der Waals surface area contributed by atoms with Gasteiger partial charge in [0.2, 0.25) is 5.91 Å². The summed E-state index contributed by atoms with van der Waals surface area (Å²) >= 11 is 0. The normalized spacial score (nSPS) is 21.1. The Morgan fingerprint density at radius 2 is 1.64 bits per heavy atom. The van der Waals surface area contributed by atoms with E-state index in [9.17, 15) is 18.8 Å². The number of benzene rings is 1. The molecule has 1 aromatic carbocycles. The molecule has 3 aliphatic rings. The van der Waals surface area contributed by atoms with Gasteiger partial charge < -0.3 is 20.1 Å². The van der Waals surface area contributed by atoms with E-state index in [1.54, 1.807) is 17.2 Å². The lowest BCUT2D eigenvalue weighted by Crippen LogP contribution is -2.65. The number of hydrogen-bond donors (Lipinski definition) is 1. The zero-order chi connectivity index (χ0) is 20.0. The van der Waals surface area contributed by atoms with E-state index in [4.69, 9.17) is 5.73 Å². The summed E-state index contributed by atoms with van der Waals surface area (Å²) in [6.45, 7) is 0.767. The average molecular weight is 384 g/mol. The highest BCUT2D eigenvalue weighted by Gasteiger charge is 2.43. The number of rotatable bonds is 3. The van der Waals surface area contributed by atoms with E-state index in [1.807, 2.05) is 22.7 Å². The molecule has 2 unspecified atom stereocenters. The quantitative estimate of drug-likeness (QED) is 0.867. The Morgan fingerprint density at radius 3 is 2.18 bits per heavy atom. The Morgan fingerprint density at radius 1 is 1.00 bits per heavy atom. The third-order valence-electron chi connectivity index (χ3n) is 5.61. The van der Waals surface area contributed by atoms with E-state index in [0.29, 0.717) is 18.7 Å². The van der Waals surface area contributed by atoms with Crippen molar-refractivity contribution in [3.8, 4) is 0 Å². The van der Waals surface area contributed by atoms with Crippen LogP contribution in [0.5, 0.6) is 0 Å². The molecule has 2 aromatic rings. The molecule has 146 valence electrons. The molecular weight excluding hydrogens is 363 g/mol. The molecule has 5 rings (SSSR count). The minimum atomic E-state index is -0.714. The number of aromatic nitrogens is 1. The monoisotopic (exact) mass is 384 g/mol. The summed E-state index contributed by atoms with van der Waals surface area (Å²) in [7, 11) is 1.86. The van der Waals surface area contributed by atoms with Gasteiger partial charge in [0.15, 0.2) is 0 Å². The van der Waals surface area contributed by atoms with Crippen molar-refractivity contribution in [3.05, 3.63) is 59.2 Å². The Labute approximate surface area is 161 Å². The number of hydrogen-bond acceptors (Lipinski definition) is 3. The summed E-state index contributed by atoms with van der Waals surface area (Å²) in [5.74, 6) is -1.92. The maximum Gasteiger partial charge on any atom is 0.257 e. The highest BCUT2D eigenvalue weighted by Crippen LogP contribution is 2.31. The predicted molar refractivity (Wildman–Crippen MR) is 99.2 cm³/mol. The summed E-state index contributed by atoms with van der Waals surface area (Å²) in [4.78, 5) is 40.6. The number of aryl methyl sites for hydroxylation is 1. The predicted octanol–water partition coefficient (Wildman–Crippen LogP) is 1.39. The van der Waals surface area contributed by atoms with Crippen molar-refractivity contribution in [3.63, 3.8) is 0 Å².